The maximum absolute atomic E-state index is 13.5. The summed E-state index contributed by atoms with van der Waals surface area (Å²) in [6.45, 7) is 19.9. The highest BCUT2D eigenvalue weighted by molar-refractivity contribution is 7.50. The number of nitrogens with zero attached hydrogens (tertiary/aromatic N) is 6. The van der Waals surface area contributed by atoms with E-state index in [0.717, 1.165) is 16.7 Å². The molecule has 0 saturated carbocycles. The highest BCUT2D eigenvalue weighted by Crippen LogP contribution is 2.52. The molecule has 1 aliphatic rings. The van der Waals surface area contributed by atoms with Crippen molar-refractivity contribution in [1.29, 1.82) is 5.26 Å². The molecule has 4 aromatic carbocycles. The molecule has 6 aromatic rings. The molecule has 16 heteroatoms. The van der Waals surface area contributed by atoms with Crippen molar-refractivity contribution in [1.82, 2.24) is 24.2 Å². The maximum atomic E-state index is 13.5. The Labute approximate surface area is 415 Å². The lowest BCUT2D eigenvalue weighted by molar-refractivity contribution is -0.0918. The fourth-order valence-electron chi connectivity index (χ4n) is 8.78. The van der Waals surface area contributed by atoms with Gasteiger partial charge in [-0.05, 0) is 105 Å². The number of methoxy groups -OCH3 is 2. The number of hydrogen-bond donors (Lipinski definition) is 1. The first kappa shape index (κ1) is 52.3. The second kappa shape index (κ2) is 22.7. The third-order valence-corrected chi connectivity index (χ3v) is 20.4. The molecule has 1 saturated heterocycles. The first-order chi connectivity index (χ1) is 33.5. The van der Waals surface area contributed by atoms with Gasteiger partial charge >= 0.3 is 0 Å². The number of rotatable bonds is 21. The van der Waals surface area contributed by atoms with Crippen LogP contribution >= 0.6 is 8.30 Å². The molecule has 1 amide bonds. The van der Waals surface area contributed by atoms with Crippen LogP contribution in [0.2, 0.25) is 18.1 Å². The Hall–Kier alpha value is -5.56. The van der Waals surface area contributed by atoms with E-state index in [2.05, 4.69) is 94.7 Å². The third-order valence-electron chi connectivity index (χ3n) is 13.3. The van der Waals surface area contributed by atoms with E-state index in [1.807, 2.05) is 89.5 Å². The smallest absolute Gasteiger partial charge is 0.256 e. The van der Waals surface area contributed by atoms with Crippen molar-refractivity contribution >= 4 is 39.5 Å². The Morgan fingerprint density at radius 1 is 0.829 bits per heavy atom. The molecule has 5 atom stereocenters. The Balaban J connectivity index is 1.41. The number of imidazole rings is 1. The second-order valence-corrected chi connectivity index (χ2v) is 26.1. The molecule has 1 fully saturated rings. The Morgan fingerprint density at radius 2 is 1.40 bits per heavy atom. The minimum absolute atomic E-state index is 0.0518. The minimum Gasteiger partial charge on any atom is -0.497 e. The number of amides is 1. The summed E-state index contributed by atoms with van der Waals surface area (Å²) in [6, 6.07) is 37.7. The van der Waals surface area contributed by atoms with Crippen molar-refractivity contribution in [3.8, 4) is 17.6 Å². The van der Waals surface area contributed by atoms with Gasteiger partial charge in [-0.25, -0.2) is 15.0 Å². The van der Waals surface area contributed by atoms with Crippen LogP contribution in [0.3, 0.4) is 0 Å². The molecule has 3 heterocycles. The third kappa shape index (κ3) is 11.3. The summed E-state index contributed by atoms with van der Waals surface area (Å²) in [5.41, 5.74) is 2.81. The van der Waals surface area contributed by atoms with Crippen molar-refractivity contribution < 1.29 is 32.7 Å². The molecule has 0 bridgehead atoms. The lowest BCUT2D eigenvalue weighted by Gasteiger charge is -2.43. The highest BCUT2D eigenvalue weighted by Gasteiger charge is 2.54. The van der Waals surface area contributed by atoms with Crippen molar-refractivity contribution in [3.05, 3.63) is 144 Å². The summed E-state index contributed by atoms with van der Waals surface area (Å²) >= 11 is 0. The summed E-state index contributed by atoms with van der Waals surface area (Å²) in [5, 5.41) is 12.5. The van der Waals surface area contributed by atoms with Crippen LogP contribution in [0.4, 0.5) is 5.82 Å². The molecule has 2 unspecified atom stereocenters. The standard InChI is InChI=1S/C54H68N7O7PSi/c1-37(2)61(38(3)4)69(33-19-18-32-55)67-47-45(34-65-54(40-22-16-13-17-23-40,41-24-28-43(63-8)29-25-41)42-26-30-44(64-9)31-27-42)66-52(48(47)68-70(10,11)53(5,6)7)60-36-58-46-49(56-35-57-50(46)60)59-51(62)39-20-14-12-15-21-39/h12-17,20-31,35-38,45,47-48,52H,18-19,33-34H2,1-11H3,(H,56,57,59,62)/t45-,47?,48+,52-,69?/m1/s1. The molecule has 370 valence electrons. The van der Waals surface area contributed by atoms with Gasteiger partial charge in [-0.15, -0.1) is 0 Å². The van der Waals surface area contributed by atoms with E-state index in [1.165, 1.54) is 6.33 Å². The molecule has 7 rings (SSSR count). The van der Waals surface area contributed by atoms with Crippen LogP contribution in [0, 0.1) is 11.3 Å². The Morgan fingerprint density at radius 3 is 1.94 bits per heavy atom. The molecule has 1 aliphatic heterocycles. The molecule has 0 radical (unpaired) electrons. The average Bonchev–Trinajstić information content (AvgIpc) is 3.93. The van der Waals surface area contributed by atoms with Crippen LogP contribution < -0.4 is 14.8 Å². The molecule has 0 spiro atoms. The topological polar surface area (TPSA) is 155 Å². The quantitative estimate of drug-likeness (QED) is 0.0316. The van der Waals surface area contributed by atoms with Crippen LogP contribution in [0.25, 0.3) is 11.2 Å². The van der Waals surface area contributed by atoms with Gasteiger partial charge in [-0.2, -0.15) is 5.26 Å². The number of hydrogen-bond acceptors (Lipinski definition) is 12. The zero-order valence-corrected chi connectivity index (χ0v) is 44.2. The first-order valence-corrected chi connectivity index (χ1v) is 28.3. The predicted molar refractivity (Wildman–Crippen MR) is 278 cm³/mol. The maximum Gasteiger partial charge on any atom is 0.256 e. The fourth-order valence-corrected chi connectivity index (χ4v) is 12.5. The summed E-state index contributed by atoms with van der Waals surface area (Å²) in [5.74, 6) is 1.37. The van der Waals surface area contributed by atoms with E-state index in [4.69, 9.17) is 37.9 Å². The van der Waals surface area contributed by atoms with Crippen LogP contribution in [0.5, 0.6) is 11.5 Å². The van der Waals surface area contributed by atoms with Crippen LogP contribution in [-0.2, 0) is 24.0 Å². The SMILES string of the molecule is COc1ccc(C(OC[C@H]2O[C@@H](n3cnc4c(NC(=O)c5ccccc5)ncnc43)[C@@H](O[Si](C)(C)C(C)(C)C)C2OP(CCCC#N)N(C(C)C)C(C)C)(c2ccccc2)c2ccc(OC)cc2)cc1. The number of benzene rings is 4. The number of nitrogens with one attached hydrogen (secondary N) is 1. The second-order valence-electron chi connectivity index (χ2n) is 19.6. The van der Waals surface area contributed by atoms with Crippen molar-refractivity contribution in [2.24, 2.45) is 0 Å². The number of carbonyl (C=O) groups is 1. The van der Waals surface area contributed by atoms with Crippen molar-refractivity contribution in [3.63, 3.8) is 0 Å². The number of unbranched alkanes of at least 4 members (excludes halogenated alkanes) is 1. The zero-order chi connectivity index (χ0) is 50.2. The normalized spacial score (nSPS) is 18.1. The molecule has 2 aromatic heterocycles. The van der Waals surface area contributed by atoms with Gasteiger partial charge in [0.2, 0.25) is 0 Å². The van der Waals surface area contributed by atoms with Crippen LogP contribution in [-0.4, -0.2) is 95.8 Å². The van der Waals surface area contributed by atoms with E-state index >= 15 is 0 Å². The van der Waals surface area contributed by atoms with E-state index in [0.29, 0.717) is 47.2 Å². The van der Waals surface area contributed by atoms with Crippen molar-refractivity contribution in [2.75, 3.05) is 32.3 Å². The number of fused-ring (bicyclic) bond motifs is 1. The number of anilines is 1. The number of ether oxygens (including phenoxy) is 4. The number of aromatic nitrogens is 4. The van der Waals surface area contributed by atoms with Gasteiger partial charge in [0.05, 0.1) is 33.2 Å². The van der Waals surface area contributed by atoms with Gasteiger partial charge in [-0.3, -0.25) is 14.0 Å². The fraction of sp³-hybridized carbons (Fsp3) is 0.426. The summed E-state index contributed by atoms with van der Waals surface area (Å²) in [6.07, 6.45) is 1.90. The molecule has 70 heavy (non-hydrogen) atoms. The summed E-state index contributed by atoms with van der Waals surface area (Å²) < 4.78 is 45.8. The molecule has 0 aliphatic carbocycles. The largest absolute Gasteiger partial charge is 0.497 e. The van der Waals surface area contributed by atoms with Gasteiger partial charge in [0.1, 0.15) is 50.0 Å². The molecular formula is C54H68N7O7PSi. The van der Waals surface area contributed by atoms with E-state index < -0.39 is 46.8 Å². The average molecular weight is 986 g/mol. The van der Waals surface area contributed by atoms with Crippen LogP contribution in [0.1, 0.15) is 94.6 Å². The summed E-state index contributed by atoms with van der Waals surface area (Å²) in [4.78, 5) is 27.5. The molecule has 14 nitrogen and oxygen atoms in total. The number of nitriles is 1. The minimum atomic E-state index is -2.62. The van der Waals surface area contributed by atoms with E-state index in [9.17, 15) is 10.1 Å². The van der Waals surface area contributed by atoms with Crippen molar-refractivity contribution in [2.45, 2.75) is 122 Å². The first-order valence-electron chi connectivity index (χ1n) is 24.0. The van der Waals surface area contributed by atoms with E-state index in [1.54, 1.807) is 32.7 Å². The van der Waals surface area contributed by atoms with Gasteiger partial charge < -0.3 is 33.2 Å². The Bertz CT molecular complexity index is 2620. The molecule has 1 N–H and O–H groups in total. The molecular weight excluding hydrogens is 918 g/mol. The van der Waals surface area contributed by atoms with E-state index in [-0.39, 0.29) is 35.5 Å². The zero-order valence-electron chi connectivity index (χ0n) is 42.3. The van der Waals surface area contributed by atoms with Gasteiger partial charge in [0.15, 0.2) is 31.5 Å². The van der Waals surface area contributed by atoms with Gasteiger partial charge in [0, 0.05) is 30.2 Å². The monoisotopic (exact) mass is 985 g/mol. The Kier molecular flexibility index (Phi) is 16.9. The van der Waals surface area contributed by atoms with Gasteiger partial charge in [-0.1, -0.05) is 93.6 Å². The van der Waals surface area contributed by atoms with Crippen LogP contribution in [0.15, 0.2) is 122 Å². The lowest BCUT2D eigenvalue weighted by atomic mass is 9.80. The lowest BCUT2D eigenvalue weighted by Crippen LogP contribution is -2.50. The highest BCUT2D eigenvalue weighted by atomic mass is 31.2. The predicted octanol–water partition coefficient (Wildman–Crippen LogP) is 11.5. The number of carbonyl (C=O) groups excluding carboxylic acids is 1. The van der Waals surface area contributed by atoms with Gasteiger partial charge in [0.25, 0.3) is 5.91 Å². The summed E-state index contributed by atoms with van der Waals surface area (Å²) in [7, 11) is -0.633.